The molecule has 0 saturated heterocycles. The number of urea groups is 1. The summed E-state index contributed by atoms with van der Waals surface area (Å²) >= 11 is 0. The Bertz CT molecular complexity index is 1330. The predicted molar refractivity (Wildman–Crippen MR) is 161 cm³/mol. The Morgan fingerprint density at radius 3 is 2.20 bits per heavy atom. The number of aryl methyl sites for hydroxylation is 1. The average Bonchev–Trinajstić information content (AvgIpc) is 3.39. The zero-order valence-corrected chi connectivity index (χ0v) is 23.4. The number of hydrogen-bond acceptors (Lipinski definition) is 5. The molecule has 0 radical (unpaired) electrons. The molecular weight excluding hydrogens is 520 g/mol. The minimum atomic E-state index is -0.925. The maximum atomic E-state index is 12.4. The van der Waals surface area contributed by atoms with Gasteiger partial charge in [0, 0.05) is 40.9 Å². The van der Waals surface area contributed by atoms with Gasteiger partial charge in [0.2, 0.25) is 5.91 Å². The number of nitrogen functional groups attached to an aromatic ring is 1. The first-order valence-corrected chi connectivity index (χ1v) is 13.6. The molecule has 3 atom stereocenters. The lowest BCUT2D eigenvalue weighted by Gasteiger charge is -2.28. The number of carboxylic acid groups (broad SMARTS) is 1. The van der Waals surface area contributed by atoms with Crippen LogP contribution in [0.2, 0.25) is 0 Å². The Balaban J connectivity index is 0.000000232. The van der Waals surface area contributed by atoms with Crippen LogP contribution in [0.4, 0.5) is 21.9 Å². The Hall–Kier alpha value is -4.66. The SMILES string of the molecule is CC(CC(=O)O)(CC(=O)NC1CCC(C=O)C1)c1ccccc1.Cc1ccccc1NC(=O)Nc1ccc(N)cc1. The van der Waals surface area contributed by atoms with Crippen LogP contribution in [0, 0.1) is 12.8 Å². The molecule has 1 aliphatic rings. The Morgan fingerprint density at radius 1 is 0.927 bits per heavy atom. The fraction of sp³-hybridized carbons (Fsp3) is 0.312. The number of aliphatic carboxylic acids is 1. The van der Waals surface area contributed by atoms with Gasteiger partial charge in [-0.25, -0.2) is 4.79 Å². The Labute approximate surface area is 240 Å². The van der Waals surface area contributed by atoms with E-state index in [4.69, 9.17) is 5.73 Å². The van der Waals surface area contributed by atoms with Crippen LogP contribution in [0.3, 0.4) is 0 Å². The van der Waals surface area contributed by atoms with Crippen molar-refractivity contribution in [3.63, 3.8) is 0 Å². The maximum absolute atomic E-state index is 12.4. The summed E-state index contributed by atoms with van der Waals surface area (Å²) in [5.74, 6) is -1.06. The molecule has 0 heterocycles. The molecule has 1 fully saturated rings. The van der Waals surface area contributed by atoms with E-state index in [0.29, 0.717) is 17.8 Å². The molecule has 3 aromatic carbocycles. The molecule has 9 heteroatoms. The van der Waals surface area contributed by atoms with Gasteiger partial charge in [-0.2, -0.15) is 0 Å². The first-order chi connectivity index (χ1) is 19.6. The number of nitrogens with one attached hydrogen (secondary N) is 3. The summed E-state index contributed by atoms with van der Waals surface area (Å²) < 4.78 is 0. The summed E-state index contributed by atoms with van der Waals surface area (Å²) in [4.78, 5) is 46.2. The molecule has 0 spiro atoms. The van der Waals surface area contributed by atoms with Crippen molar-refractivity contribution in [3.8, 4) is 0 Å². The van der Waals surface area contributed by atoms with Crippen LogP contribution in [0.1, 0.15) is 50.2 Å². The van der Waals surface area contributed by atoms with Crippen molar-refractivity contribution in [1.82, 2.24) is 5.32 Å². The maximum Gasteiger partial charge on any atom is 0.323 e. The smallest absolute Gasteiger partial charge is 0.323 e. The minimum absolute atomic E-state index is 0.0163. The molecule has 1 aliphatic carbocycles. The number of anilines is 3. The second kappa shape index (κ2) is 14.6. The molecular formula is C32H38N4O5. The van der Waals surface area contributed by atoms with E-state index >= 15 is 0 Å². The third-order valence-electron chi connectivity index (χ3n) is 7.16. The van der Waals surface area contributed by atoms with Gasteiger partial charge in [-0.1, -0.05) is 55.5 Å². The van der Waals surface area contributed by atoms with Gasteiger partial charge in [0.05, 0.1) is 6.42 Å². The summed E-state index contributed by atoms with van der Waals surface area (Å²) in [6, 6.07) is 23.6. The fourth-order valence-electron chi connectivity index (χ4n) is 4.91. The highest BCUT2D eigenvalue weighted by molar-refractivity contribution is 6.00. The van der Waals surface area contributed by atoms with E-state index in [1.807, 2.05) is 61.5 Å². The number of benzene rings is 3. The molecule has 41 heavy (non-hydrogen) atoms. The van der Waals surface area contributed by atoms with Crippen molar-refractivity contribution in [3.05, 3.63) is 90.0 Å². The summed E-state index contributed by atoms with van der Waals surface area (Å²) in [5.41, 5.74) is 8.85. The molecule has 216 valence electrons. The van der Waals surface area contributed by atoms with Crippen molar-refractivity contribution in [1.29, 1.82) is 0 Å². The van der Waals surface area contributed by atoms with Crippen LogP contribution < -0.4 is 21.7 Å². The number of aldehydes is 1. The lowest BCUT2D eigenvalue weighted by molar-refractivity contribution is -0.138. The second-order valence-corrected chi connectivity index (χ2v) is 10.7. The van der Waals surface area contributed by atoms with Crippen LogP contribution in [0.15, 0.2) is 78.9 Å². The molecule has 1 saturated carbocycles. The van der Waals surface area contributed by atoms with Crippen molar-refractivity contribution in [2.45, 2.75) is 57.4 Å². The van der Waals surface area contributed by atoms with Gasteiger partial charge >= 0.3 is 12.0 Å². The molecule has 9 nitrogen and oxygen atoms in total. The van der Waals surface area contributed by atoms with Crippen molar-refractivity contribution < 1.29 is 24.3 Å². The predicted octanol–water partition coefficient (Wildman–Crippen LogP) is 5.51. The average molecular weight is 559 g/mol. The number of carbonyl (C=O) groups excluding carboxylic acids is 3. The van der Waals surface area contributed by atoms with Crippen LogP contribution in [-0.4, -0.2) is 35.3 Å². The monoisotopic (exact) mass is 558 g/mol. The first kappa shape index (κ1) is 30.9. The summed E-state index contributed by atoms with van der Waals surface area (Å²) in [5, 5.41) is 17.7. The molecule has 0 aromatic heterocycles. The number of hydrogen-bond donors (Lipinski definition) is 5. The summed E-state index contributed by atoms with van der Waals surface area (Å²) in [6.07, 6.45) is 3.24. The lowest BCUT2D eigenvalue weighted by Crippen LogP contribution is -2.38. The quantitative estimate of drug-likeness (QED) is 0.172. The number of rotatable bonds is 9. The van der Waals surface area contributed by atoms with E-state index < -0.39 is 11.4 Å². The van der Waals surface area contributed by atoms with E-state index in [9.17, 15) is 24.3 Å². The van der Waals surface area contributed by atoms with Crippen molar-refractivity contribution in [2.24, 2.45) is 5.92 Å². The van der Waals surface area contributed by atoms with Gasteiger partial charge in [-0.05, 0) is 67.6 Å². The molecule has 0 aliphatic heterocycles. The number of para-hydroxylation sites is 1. The van der Waals surface area contributed by atoms with Gasteiger partial charge in [0.1, 0.15) is 6.29 Å². The molecule has 4 rings (SSSR count). The van der Waals surface area contributed by atoms with Crippen molar-refractivity contribution in [2.75, 3.05) is 16.4 Å². The molecule has 0 bridgehead atoms. The zero-order chi connectivity index (χ0) is 29.8. The number of nitrogens with two attached hydrogens (primary N) is 1. The minimum Gasteiger partial charge on any atom is -0.481 e. The number of amides is 3. The first-order valence-electron chi connectivity index (χ1n) is 13.6. The molecule has 3 amide bonds. The van der Waals surface area contributed by atoms with E-state index in [1.54, 1.807) is 31.2 Å². The number of carbonyl (C=O) groups is 4. The summed E-state index contributed by atoms with van der Waals surface area (Å²) in [6.45, 7) is 3.75. The van der Waals surface area contributed by atoms with Crippen molar-refractivity contribution >= 4 is 41.3 Å². The van der Waals surface area contributed by atoms with Crippen LogP contribution in [0.5, 0.6) is 0 Å². The van der Waals surface area contributed by atoms with E-state index in [1.165, 1.54) is 0 Å². The van der Waals surface area contributed by atoms with E-state index in [-0.39, 0.29) is 36.7 Å². The normalized spacial score (nSPS) is 17.2. The Kier molecular flexibility index (Phi) is 11.0. The molecule has 3 unspecified atom stereocenters. The second-order valence-electron chi connectivity index (χ2n) is 10.7. The standard InChI is InChI=1S/C18H23NO4.C14H15N3O/c1-18(11-17(22)23,14-5-3-2-4-6-14)10-16(21)19-15-8-7-13(9-15)12-20;1-10-4-2-3-5-13(10)17-14(18)16-12-8-6-11(15)7-9-12/h2-6,12-13,15H,7-11H2,1H3,(H,19,21)(H,22,23);2-9H,15H2,1H3,(H2,16,17,18). The van der Waals surface area contributed by atoms with Crippen LogP contribution >= 0.6 is 0 Å². The van der Waals surface area contributed by atoms with Crippen LogP contribution in [0.25, 0.3) is 0 Å². The largest absolute Gasteiger partial charge is 0.481 e. The van der Waals surface area contributed by atoms with Gasteiger partial charge in [0.15, 0.2) is 0 Å². The van der Waals surface area contributed by atoms with Crippen LogP contribution in [-0.2, 0) is 19.8 Å². The molecule has 3 aromatic rings. The van der Waals surface area contributed by atoms with Gasteiger partial charge < -0.3 is 31.6 Å². The highest BCUT2D eigenvalue weighted by Crippen LogP contribution is 2.32. The van der Waals surface area contributed by atoms with E-state index in [2.05, 4.69) is 16.0 Å². The third kappa shape index (κ3) is 9.79. The topological polar surface area (TPSA) is 151 Å². The van der Waals surface area contributed by atoms with Gasteiger partial charge in [0.25, 0.3) is 0 Å². The third-order valence-corrected chi connectivity index (χ3v) is 7.16. The molecule has 6 N–H and O–H groups in total. The Morgan fingerprint density at radius 2 is 1.59 bits per heavy atom. The zero-order valence-electron chi connectivity index (χ0n) is 23.4. The summed E-state index contributed by atoms with van der Waals surface area (Å²) in [7, 11) is 0. The number of carboxylic acids is 1. The fourth-order valence-corrected chi connectivity index (χ4v) is 4.91. The highest BCUT2D eigenvalue weighted by atomic mass is 16.4. The van der Waals surface area contributed by atoms with Gasteiger partial charge in [-0.15, -0.1) is 0 Å². The lowest BCUT2D eigenvalue weighted by atomic mass is 9.76. The van der Waals surface area contributed by atoms with Gasteiger partial charge in [-0.3, -0.25) is 9.59 Å². The highest BCUT2D eigenvalue weighted by Gasteiger charge is 2.34. The van der Waals surface area contributed by atoms with E-state index in [0.717, 1.165) is 35.9 Å².